The highest BCUT2D eigenvalue weighted by Gasteiger charge is 2.38. The van der Waals surface area contributed by atoms with Gasteiger partial charge in [-0.2, -0.15) is 5.10 Å². The summed E-state index contributed by atoms with van der Waals surface area (Å²) >= 11 is 13.6. The lowest BCUT2D eigenvalue weighted by atomic mass is 9.98. The standard InChI is InChI=1S/C44H42Cl2N6O4/c1-24-18-31(19-25(2)40(24)46)56-17-7-8-32-33-10-11-35(45)39(38-27(4)48-49(6)28(38)5)41(33)52-26(3)21-51(43(53)42(32)52)37-23-50(22-29-13-15-47-16-14-29)36-12-9-30(44(54)55)20-34(36)37/h9-16,18-20,23,26H,7-8,17,21-22H2,1-6H3,(H,54,55)/t26-/m1/s1. The van der Waals surface area contributed by atoms with Crippen molar-refractivity contribution in [2.24, 2.45) is 7.05 Å². The monoisotopic (exact) mass is 788 g/mol. The number of fused-ring (bicyclic) bond motifs is 4. The van der Waals surface area contributed by atoms with Crippen LogP contribution in [0.15, 0.2) is 73.2 Å². The summed E-state index contributed by atoms with van der Waals surface area (Å²) in [5.41, 5.74) is 10.6. The quantitative estimate of drug-likeness (QED) is 0.138. The number of aromatic nitrogens is 5. The first-order valence-corrected chi connectivity index (χ1v) is 19.4. The maximum Gasteiger partial charge on any atom is 0.335 e. The summed E-state index contributed by atoms with van der Waals surface area (Å²) in [5.74, 6) is -0.439. The number of carboxylic acid groups (broad SMARTS) is 1. The molecule has 0 unspecified atom stereocenters. The van der Waals surface area contributed by atoms with Gasteiger partial charge in [-0.25, -0.2) is 4.79 Å². The van der Waals surface area contributed by atoms with Gasteiger partial charge in [0.05, 0.1) is 39.6 Å². The molecule has 1 atom stereocenters. The number of halogens is 2. The molecule has 12 heteroatoms. The highest BCUT2D eigenvalue weighted by atomic mass is 35.5. The maximum absolute atomic E-state index is 15.3. The van der Waals surface area contributed by atoms with Crippen LogP contribution in [0.1, 0.15) is 73.9 Å². The molecular weight excluding hydrogens is 747 g/mol. The van der Waals surface area contributed by atoms with Gasteiger partial charge in [-0.05, 0) is 118 Å². The van der Waals surface area contributed by atoms with Gasteiger partial charge in [0.2, 0.25) is 0 Å². The first kappa shape index (κ1) is 37.3. The predicted molar refractivity (Wildman–Crippen MR) is 222 cm³/mol. The number of carbonyl (C=O) groups is 2. The van der Waals surface area contributed by atoms with Gasteiger partial charge in [-0.15, -0.1) is 0 Å². The summed E-state index contributed by atoms with van der Waals surface area (Å²) in [5, 5.41) is 17.7. The second kappa shape index (κ2) is 14.5. The fraction of sp³-hybridized carbons (Fsp3) is 0.273. The smallest absolute Gasteiger partial charge is 0.335 e. The molecule has 1 aliphatic heterocycles. The number of aryl methyl sites for hydroxylation is 5. The Hall–Kier alpha value is -5.58. The third kappa shape index (κ3) is 6.30. The molecule has 0 bridgehead atoms. The Morgan fingerprint density at radius 2 is 1.70 bits per heavy atom. The number of hydrogen-bond acceptors (Lipinski definition) is 5. The lowest BCUT2D eigenvalue weighted by Crippen LogP contribution is -2.42. The number of pyridine rings is 1. The van der Waals surface area contributed by atoms with E-state index < -0.39 is 5.97 Å². The zero-order valence-corrected chi connectivity index (χ0v) is 33.7. The van der Waals surface area contributed by atoms with E-state index in [4.69, 9.17) is 33.0 Å². The van der Waals surface area contributed by atoms with Crippen LogP contribution in [-0.4, -0.2) is 54.0 Å². The van der Waals surface area contributed by atoms with E-state index in [0.29, 0.717) is 54.3 Å². The second-order valence-electron chi connectivity index (χ2n) is 14.8. The van der Waals surface area contributed by atoms with Gasteiger partial charge in [-0.1, -0.05) is 29.3 Å². The zero-order valence-electron chi connectivity index (χ0n) is 32.2. The van der Waals surface area contributed by atoms with Crippen molar-refractivity contribution in [1.82, 2.24) is 23.9 Å². The van der Waals surface area contributed by atoms with E-state index in [-0.39, 0.29) is 17.5 Å². The Morgan fingerprint density at radius 1 is 0.964 bits per heavy atom. The van der Waals surface area contributed by atoms with Crippen LogP contribution in [0, 0.1) is 27.7 Å². The van der Waals surface area contributed by atoms with Crippen LogP contribution >= 0.6 is 23.2 Å². The van der Waals surface area contributed by atoms with Crippen molar-refractivity contribution in [3.8, 4) is 16.9 Å². The van der Waals surface area contributed by atoms with E-state index in [9.17, 15) is 9.90 Å². The van der Waals surface area contributed by atoms with Crippen LogP contribution in [0.25, 0.3) is 32.9 Å². The number of rotatable bonds is 10. The van der Waals surface area contributed by atoms with Crippen molar-refractivity contribution in [3.63, 3.8) is 0 Å². The van der Waals surface area contributed by atoms with Crippen LogP contribution in [0.3, 0.4) is 0 Å². The highest BCUT2D eigenvalue weighted by molar-refractivity contribution is 6.35. The molecule has 0 radical (unpaired) electrons. The zero-order chi connectivity index (χ0) is 39.6. The molecule has 0 saturated heterocycles. The molecule has 1 N–H and O–H groups in total. The molecule has 56 heavy (non-hydrogen) atoms. The third-order valence-corrected chi connectivity index (χ3v) is 12.0. The fourth-order valence-electron chi connectivity index (χ4n) is 8.38. The molecule has 0 spiro atoms. The first-order chi connectivity index (χ1) is 26.8. The Morgan fingerprint density at radius 3 is 2.38 bits per heavy atom. The number of hydrogen-bond donors (Lipinski definition) is 1. The van der Waals surface area contributed by atoms with Gasteiger partial charge < -0.3 is 23.9 Å². The molecule has 8 rings (SSSR count). The van der Waals surface area contributed by atoms with Crippen LogP contribution < -0.4 is 9.64 Å². The summed E-state index contributed by atoms with van der Waals surface area (Å²) in [7, 11) is 1.92. The van der Waals surface area contributed by atoms with Gasteiger partial charge in [0.15, 0.2) is 0 Å². The highest BCUT2D eigenvalue weighted by Crippen LogP contribution is 2.46. The van der Waals surface area contributed by atoms with Gasteiger partial charge in [-0.3, -0.25) is 14.5 Å². The summed E-state index contributed by atoms with van der Waals surface area (Å²) < 4.78 is 12.3. The molecular formula is C44H42Cl2N6O4. The Bertz CT molecular complexity index is 2690. The average Bonchev–Trinajstić information content (AvgIpc) is 3.78. The molecule has 0 aliphatic carbocycles. The first-order valence-electron chi connectivity index (χ1n) is 18.7. The molecule has 7 aromatic rings. The second-order valence-corrected chi connectivity index (χ2v) is 15.6. The molecule has 0 saturated carbocycles. The average molecular weight is 790 g/mol. The molecule has 3 aromatic carbocycles. The number of carbonyl (C=O) groups excluding carboxylic acids is 1. The minimum absolute atomic E-state index is 0.153. The largest absolute Gasteiger partial charge is 0.494 e. The van der Waals surface area contributed by atoms with Gasteiger partial charge >= 0.3 is 5.97 Å². The van der Waals surface area contributed by atoms with Crippen molar-refractivity contribution < 1.29 is 19.4 Å². The summed E-state index contributed by atoms with van der Waals surface area (Å²) in [4.78, 5) is 33.5. The van der Waals surface area contributed by atoms with E-state index in [1.807, 2.05) is 93.0 Å². The molecule has 4 aromatic heterocycles. The molecule has 10 nitrogen and oxygen atoms in total. The normalized spacial score (nSPS) is 14.2. The Balaban J connectivity index is 1.27. The van der Waals surface area contributed by atoms with Gasteiger partial charge in [0, 0.05) is 77.4 Å². The van der Waals surface area contributed by atoms with Crippen molar-refractivity contribution >= 4 is 62.6 Å². The Kier molecular flexibility index (Phi) is 9.66. The fourth-order valence-corrected chi connectivity index (χ4v) is 8.74. The molecule has 286 valence electrons. The van der Waals surface area contributed by atoms with E-state index in [1.54, 1.807) is 24.5 Å². The van der Waals surface area contributed by atoms with Crippen molar-refractivity contribution in [2.75, 3.05) is 18.1 Å². The topological polar surface area (TPSA) is 107 Å². The minimum atomic E-state index is -1.03. The number of amides is 1. The van der Waals surface area contributed by atoms with Crippen LogP contribution in [0.4, 0.5) is 5.69 Å². The molecule has 1 amide bonds. The van der Waals surface area contributed by atoms with E-state index in [1.165, 1.54) is 0 Å². The maximum atomic E-state index is 15.3. The minimum Gasteiger partial charge on any atom is -0.494 e. The van der Waals surface area contributed by atoms with Crippen LogP contribution in [-0.2, 0) is 20.0 Å². The third-order valence-electron chi connectivity index (χ3n) is 11.1. The number of anilines is 1. The lowest BCUT2D eigenvalue weighted by Gasteiger charge is -2.34. The SMILES string of the molecule is Cc1cc(OCCCc2c3n(c4c(-c5c(C)nn(C)c5C)c(Cl)ccc24)[C@H](C)CN(c2cn(Cc4ccncc4)c4ccc(C(=O)O)cc24)C3=O)cc(C)c1Cl. The number of nitrogens with zero attached hydrogens (tertiary/aromatic N) is 6. The lowest BCUT2D eigenvalue weighted by molar-refractivity contribution is 0.0696. The number of aromatic carboxylic acids is 1. The summed E-state index contributed by atoms with van der Waals surface area (Å²) in [6.45, 7) is 11.4. The Labute approximate surface area is 334 Å². The number of ether oxygens (including phenoxy) is 1. The summed E-state index contributed by atoms with van der Waals surface area (Å²) in [6.07, 6.45) is 6.67. The van der Waals surface area contributed by atoms with Gasteiger partial charge in [0.25, 0.3) is 5.91 Å². The number of carboxylic acids is 1. The van der Waals surface area contributed by atoms with E-state index >= 15 is 4.79 Å². The molecule has 5 heterocycles. The van der Waals surface area contributed by atoms with Crippen LogP contribution in [0.2, 0.25) is 10.0 Å². The van der Waals surface area contributed by atoms with Crippen LogP contribution in [0.5, 0.6) is 5.75 Å². The van der Waals surface area contributed by atoms with Gasteiger partial charge in [0.1, 0.15) is 11.4 Å². The summed E-state index contributed by atoms with van der Waals surface area (Å²) in [6, 6.07) is 16.7. The van der Waals surface area contributed by atoms with E-state index in [2.05, 4.69) is 21.0 Å². The van der Waals surface area contributed by atoms with Crippen molar-refractivity contribution in [1.29, 1.82) is 0 Å². The van der Waals surface area contributed by atoms with Crippen molar-refractivity contribution in [3.05, 3.63) is 128 Å². The predicted octanol–water partition coefficient (Wildman–Crippen LogP) is 9.91. The van der Waals surface area contributed by atoms with Crippen molar-refractivity contribution in [2.45, 2.75) is 60.0 Å². The molecule has 0 fully saturated rings. The van der Waals surface area contributed by atoms with E-state index in [0.717, 1.165) is 72.0 Å². The molecule has 1 aliphatic rings. The number of benzene rings is 3.